The Labute approximate surface area is 230 Å². The molecule has 0 unspecified atom stereocenters. The molecule has 4 nitrogen and oxygen atoms in total. The number of aliphatic carboxylic acids is 2. The summed E-state index contributed by atoms with van der Waals surface area (Å²) in [5.41, 5.74) is 0. The SMILES string of the molecule is CCCCCCCCCCCC[C-](C)CCCC.O=C([O-])CC(=O)[O-].[Li+].[Na+].[Na+]. The summed E-state index contributed by atoms with van der Waals surface area (Å²) < 4.78 is 0. The van der Waals surface area contributed by atoms with E-state index in [9.17, 15) is 19.8 Å². The summed E-state index contributed by atoms with van der Waals surface area (Å²) >= 11 is 0. The van der Waals surface area contributed by atoms with Gasteiger partial charge in [0.15, 0.2) is 0 Å². The molecule has 28 heavy (non-hydrogen) atoms. The van der Waals surface area contributed by atoms with Gasteiger partial charge >= 0.3 is 78.0 Å². The third-order valence-electron chi connectivity index (χ3n) is 4.20. The van der Waals surface area contributed by atoms with Crippen LogP contribution in [-0.4, -0.2) is 11.9 Å². The zero-order chi connectivity index (χ0) is 19.3. The van der Waals surface area contributed by atoms with Crippen molar-refractivity contribution in [3.63, 3.8) is 0 Å². The number of unbranched alkanes of at least 4 members (excludes halogenated alkanes) is 10. The number of hydrogen-bond donors (Lipinski definition) is 0. The molecule has 0 aliphatic rings. The molecule has 150 valence electrons. The van der Waals surface area contributed by atoms with Crippen molar-refractivity contribution in [3.8, 4) is 0 Å². The van der Waals surface area contributed by atoms with E-state index in [1.807, 2.05) is 0 Å². The average Bonchev–Trinajstić information content (AvgIpc) is 2.54. The Bertz CT molecular complexity index is 307. The molecular formula is C21H39LiNa2O4. The molecule has 0 rings (SSSR count). The minimum absolute atomic E-state index is 0. The van der Waals surface area contributed by atoms with E-state index in [-0.39, 0.29) is 78.0 Å². The number of carbonyl (C=O) groups is 2. The largest absolute Gasteiger partial charge is 1.00 e. The maximum atomic E-state index is 9.28. The van der Waals surface area contributed by atoms with Crippen molar-refractivity contribution in [3.05, 3.63) is 5.92 Å². The molecule has 0 heterocycles. The van der Waals surface area contributed by atoms with Gasteiger partial charge in [-0.05, 0) is 0 Å². The third kappa shape index (κ3) is 41.8. The van der Waals surface area contributed by atoms with Gasteiger partial charge in [0.1, 0.15) is 0 Å². The van der Waals surface area contributed by atoms with Gasteiger partial charge < -0.3 is 25.7 Å². The quantitative estimate of drug-likeness (QED) is 0.111. The number of hydrogen-bond acceptors (Lipinski definition) is 4. The Morgan fingerprint density at radius 2 is 0.964 bits per heavy atom. The van der Waals surface area contributed by atoms with Gasteiger partial charge in [0.05, 0.1) is 0 Å². The second-order valence-corrected chi connectivity index (χ2v) is 6.91. The molecule has 0 aromatic carbocycles. The number of rotatable bonds is 16. The van der Waals surface area contributed by atoms with Crippen molar-refractivity contribution in [2.45, 2.75) is 117 Å². The van der Waals surface area contributed by atoms with E-state index >= 15 is 0 Å². The first-order valence-electron chi connectivity index (χ1n) is 10.1. The average molecular weight is 408 g/mol. The maximum Gasteiger partial charge on any atom is 1.00 e. The van der Waals surface area contributed by atoms with Gasteiger partial charge in [-0.15, -0.1) is 0 Å². The molecule has 0 amide bonds. The Kier molecular flexibility index (Phi) is 47.3. The number of carboxylic acids is 2. The Balaban J connectivity index is -0.000000152. The van der Waals surface area contributed by atoms with E-state index in [4.69, 9.17) is 0 Å². The van der Waals surface area contributed by atoms with E-state index in [1.54, 1.807) is 5.92 Å². The molecule has 0 spiro atoms. The zero-order valence-electron chi connectivity index (χ0n) is 19.7. The first-order chi connectivity index (χ1) is 11.9. The molecule has 0 aromatic heterocycles. The van der Waals surface area contributed by atoms with Crippen LogP contribution in [0.25, 0.3) is 0 Å². The van der Waals surface area contributed by atoms with Gasteiger partial charge in [-0.2, -0.15) is 19.8 Å². The summed E-state index contributed by atoms with van der Waals surface area (Å²) in [5.74, 6) is -1.52. The molecule has 0 saturated carbocycles. The van der Waals surface area contributed by atoms with Crippen LogP contribution in [0.5, 0.6) is 0 Å². The van der Waals surface area contributed by atoms with E-state index in [0.717, 1.165) is 0 Å². The molecule has 7 heteroatoms. The summed E-state index contributed by atoms with van der Waals surface area (Å²) in [4.78, 5) is 18.6. The molecule has 0 aliphatic carbocycles. The second-order valence-electron chi connectivity index (χ2n) is 6.91. The molecule has 0 radical (unpaired) electrons. The van der Waals surface area contributed by atoms with Crippen LogP contribution in [0.15, 0.2) is 0 Å². The van der Waals surface area contributed by atoms with Gasteiger partial charge in [-0.25, -0.2) is 0 Å². The fourth-order valence-electron chi connectivity index (χ4n) is 2.64. The van der Waals surface area contributed by atoms with Crippen molar-refractivity contribution in [1.29, 1.82) is 0 Å². The zero-order valence-corrected chi connectivity index (χ0v) is 23.7. The molecule has 0 saturated heterocycles. The van der Waals surface area contributed by atoms with Gasteiger partial charge in [-0.3, -0.25) is 0 Å². The fraction of sp³-hybridized carbons (Fsp3) is 0.857. The van der Waals surface area contributed by atoms with Crippen molar-refractivity contribution in [1.82, 2.24) is 0 Å². The normalized spacial score (nSPS) is 9.29. The Hall–Kier alpha value is 1.54. The number of carboxylic acid groups (broad SMARTS) is 2. The topological polar surface area (TPSA) is 80.3 Å². The summed E-state index contributed by atoms with van der Waals surface area (Å²) in [6.45, 7) is 6.93. The van der Waals surface area contributed by atoms with Crippen molar-refractivity contribution < 1.29 is 97.8 Å². The summed E-state index contributed by atoms with van der Waals surface area (Å²) in [6.07, 6.45) is 19.0. The van der Waals surface area contributed by atoms with Crippen LogP contribution in [0.4, 0.5) is 0 Å². The van der Waals surface area contributed by atoms with Crippen molar-refractivity contribution in [2.24, 2.45) is 0 Å². The first-order valence-corrected chi connectivity index (χ1v) is 10.1. The Morgan fingerprint density at radius 3 is 1.29 bits per heavy atom. The number of carbonyl (C=O) groups excluding carboxylic acids is 2. The van der Waals surface area contributed by atoms with Crippen molar-refractivity contribution >= 4 is 11.9 Å². The molecular weight excluding hydrogens is 369 g/mol. The summed E-state index contributed by atoms with van der Waals surface area (Å²) in [7, 11) is 0. The Morgan fingerprint density at radius 1 is 0.643 bits per heavy atom. The van der Waals surface area contributed by atoms with Crippen LogP contribution in [0.3, 0.4) is 0 Å². The predicted octanol–water partition coefficient (Wildman–Crippen LogP) is -5.03. The van der Waals surface area contributed by atoms with E-state index in [1.165, 1.54) is 89.9 Å². The minimum Gasteiger partial charge on any atom is -0.550 e. The van der Waals surface area contributed by atoms with E-state index in [0.29, 0.717) is 0 Å². The maximum absolute atomic E-state index is 9.28. The minimum atomic E-state index is -1.63. The van der Waals surface area contributed by atoms with Crippen LogP contribution < -0.4 is 88.2 Å². The second kappa shape index (κ2) is 33.2. The molecule has 0 bridgehead atoms. The molecule has 0 atom stereocenters. The molecule has 0 fully saturated rings. The van der Waals surface area contributed by atoms with E-state index < -0.39 is 18.4 Å². The van der Waals surface area contributed by atoms with E-state index in [2.05, 4.69) is 20.8 Å². The molecule has 0 aromatic rings. The monoisotopic (exact) mass is 408 g/mol. The van der Waals surface area contributed by atoms with Gasteiger partial charge in [0.25, 0.3) is 0 Å². The van der Waals surface area contributed by atoms with Crippen LogP contribution >= 0.6 is 0 Å². The van der Waals surface area contributed by atoms with Crippen LogP contribution in [0.2, 0.25) is 0 Å². The van der Waals surface area contributed by atoms with Crippen LogP contribution in [0.1, 0.15) is 117 Å². The van der Waals surface area contributed by atoms with Crippen LogP contribution in [-0.2, 0) is 9.59 Å². The van der Waals surface area contributed by atoms with Gasteiger partial charge in [-0.1, -0.05) is 90.9 Å². The predicted molar refractivity (Wildman–Crippen MR) is 99.5 cm³/mol. The smallest absolute Gasteiger partial charge is 0.550 e. The standard InChI is InChI=1S/C18H37.C3H4O4.Li.2Na/c1-4-6-8-9-10-11-12-13-14-15-17-18(3)16-7-5-2;4-2(5)1-3(6)7;;;/h4-17H2,1-3H3;1H2,(H,4,5)(H,6,7);;;/q-1;;3*+1/p-2. The molecule has 0 aliphatic heterocycles. The van der Waals surface area contributed by atoms with Gasteiger partial charge in [0.2, 0.25) is 0 Å². The van der Waals surface area contributed by atoms with Gasteiger partial charge in [0, 0.05) is 18.4 Å². The van der Waals surface area contributed by atoms with Crippen LogP contribution in [0, 0.1) is 5.92 Å². The third-order valence-corrected chi connectivity index (χ3v) is 4.20. The van der Waals surface area contributed by atoms with Crippen molar-refractivity contribution in [2.75, 3.05) is 0 Å². The first kappa shape index (κ1) is 40.0. The molecule has 0 N–H and O–H groups in total. The fourth-order valence-corrected chi connectivity index (χ4v) is 2.64. The summed E-state index contributed by atoms with van der Waals surface area (Å²) in [5, 5.41) is 18.6. The summed E-state index contributed by atoms with van der Waals surface area (Å²) in [6, 6.07) is 0.